The molecule has 0 bridgehead atoms. The largest absolute Gasteiger partial charge is 0.478 e. The van der Waals surface area contributed by atoms with Gasteiger partial charge in [0.1, 0.15) is 0 Å². The normalized spacial score (nSPS) is 12.0. The van der Waals surface area contributed by atoms with Crippen molar-refractivity contribution < 1.29 is 14.7 Å². The number of hydrogen-bond donors (Lipinski definition) is 3. The van der Waals surface area contributed by atoms with Crippen LogP contribution in [0.15, 0.2) is 12.1 Å². The maximum Gasteiger partial charge on any atom is 0.335 e. The number of amides is 1. The molecule has 20 heavy (non-hydrogen) atoms. The molecular formula is C13H16Cl2N2O3. The summed E-state index contributed by atoms with van der Waals surface area (Å²) in [6.45, 7) is 5.02. The Bertz CT molecular complexity index is 497. The summed E-state index contributed by atoms with van der Waals surface area (Å²) < 4.78 is 0. The van der Waals surface area contributed by atoms with Gasteiger partial charge in [0.2, 0.25) is 5.91 Å². The van der Waals surface area contributed by atoms with E-state index in [2.05, 4.69) is 10.6 Å². The van der Waals surface area contributed by atoms with Gasteiger partial charge in [0.15, 0.2) is 0 Å². The molecular weight excluding hydrogens is 303 g/mol. The van der Waals surface area contributed by atoms with Gasteiger partial charge in [-0.3, -0.25) is 4.79 Å². The van der Waals surface area contributed by atoms with E-state index in [4.69, 9.17) is 28.3 Å². The van der Waals surface area contributed by atoms with Gasteiger partial charge >= 0.3 is 5.97 Å². The Balaban J connectivity index is 2.87. The van der Waals surface area contributed by atoms with Crippen LogP contribution in [0.5, 0.6) is 0 Å². The van der Waals surface area contributed by atoms with Crippen molar-refractivity contribution in [2.24, 2.45) is 5.92 Å². The molecule has 0 saturated carbocycles. The third-order valence-electron chi connectivity index (χ3n) is 2.69. The van der Waals surface area contributed by atoms with E-state index in [1.165, 1.54) is 12.1 Å². The second-order valence-corrected chi connectivity index (χ2v) is 5.13. The van der Waals surface area contributed by atoms with E-state index in [-0.39, 0.29) is 33.1 Å². The molecule has 0 aliphatic heterocycles. The average Bonchev–Trinajstić information content (AvgIpc) is 2.39. The van der Waals surface area contributed by atoms with Gasteiger partial charge in [-0.15, -0.1) is 0 Å². The molecule has 1 unspecified atom stereocenters. The number of nitrogens with one attached hydrogen (secondary N) is 2. The minimum atomic E-state index is -1.13. The van der Waals surface area contributed by atoms with E-state index in [1.54, 1.807) is 6.92 Å². The predicted molar refractivity (Wildman–Crippen MR) is 79.8 cm³/mol. The second kappa shape index (κ2) is 7.47. The van der Waals surface area contributed by atoms with Gasteiger partial charge in [-0.1, -0.05) is 37.0 Å². The number of rotatable bonds is 6. The number of carbonyl (C=O) groups is 2. The highest BCUT2D eigenvalue weighted by Crippen LogP contribution is 2.32. The molecule has 0 fully saturated rings. The van der Waals surface area contributed by atoms with E-state index in [0.29, 0.717) is 6.54 Å². The van der Waals surface area contributed by atoms with Crippen molar-refractivity contribution >= 4 is 40.8 Å². The van der Waals surface area contributed by atoms with Crippen LogP contribution in [-0.2, 0) is 4.79 Å². The number of carboxylic acids is 1. The summed E-state index contributed by atoms with van der Waals surface area (Å²) in [5.41, 5.74) is 0.199. The fourth-order valence-corrected chi connectivity index (χ4v) is 2.10. The third kappa shape index (κ3) is 4.37. The fraction of sp³-hybridized carbons (Fsp3) is 0.385. The summed E-state index contributed by atoms with van der Waals surface area (Å²) in [6, 6.07) is 2.50. The van der Waals surface area contributed by atoms with Crippen LogP contribution in [0.2, 0.25) is 10.0 Å². The molecule has 3 N–H and O–H groups in total. The highest BCUT2D eigenvalue weighted by Gasteiger charge is 2.17. The molecule has 1 atom stereocenters. The fourth-order valence-electron chi connectivity index (χ4n) is 1.52. The molecule has 5 nitrogen and oxygen atoms in total. The van der Waals surface area contributed by atoms with Crippen molar-refractivity contribution in [1.82, 2.24) is 5.32 Å². The lowest BCUT2D eigenvalue weighted by Crippen LogP contribution is -2.30. The number of carboxylic acid groups (broad SMARTS) is 1. The van der Waals surface area contributed by atoms with Gasteiger partial charge in [-0.2, -0.15) is 0 Å². The Morgan fingerprint density at radius 2 is 1.85 bits per heavy atom. The maximum atomic E-state index is 12.0. The molecule has 0 aliphatic rings. The SMILES string of the molecule is CCNCC(C)C(=O)Nc1c(Cl)cc(C(=O)O)cc1Cl. The van der Waals surface area contributed by atoms with E-state index < -0.39 is 5.97 Å². The zero-order valence-electron chi connectivity index (χ0n) is 11.2. The van der Waals surface area contributed by atoms with Crippen LogP contribution in [-0.4, -0.2) is 30.1 Å². The van der Waals surface area contributed by atoms with Crippen molar-refractivity contribution in [3.8, 4) is 0 Å². The second-order valence-electron chi connectivity index (χ2n) is 4.32. The van der Waals surface area contributed by atoms with E-state index in [0.717, 1.165) is 6.54 Å². The maximum absolute atomic E-state index is 12.0. The highest BCUT2D eigenvalue weighted by molar-refractivity contribution is 6.40. The monoisotopic (exact) mass is 318 g/mol. The molecule has 0 spiro atoms. The van der Waals surface area contributed by atoms with Crippen LogP contribution in [0.1, 0.15) is 24.2 Å². The molecule has 1 amide bonds. The molecule has 1 rings (SSSR count). The van der Waals surface area contributed by atoms with E-state index in [9.17, 15) is 9.59 Å². The molecule has 1 aromatic rings. The third-order valence-corrected chi connectivity index (χ3v) is 3.28. The van der Waals surface area contributed by atoms with Gasteiger partial charge in [-0.05, 0) is 18.7 Å². The molecule has 0 radical (unpaired) electrons. The van der Waals surface area contributed by atoms with Crippen molar-refractivity contribution in [3.05, 3.63) is 27.7 Å². The average molecular weight is 319 g/mol. The van der Waals surface area contributed by atoms with Crippen LogP contribution in [0, 0.1) is 5.92 Å². The van der Waals surface area contributed by atoms with Crippen LogP contribution < -0.4 is 10.6 Å². The first-order valence-electron chi connectivity index (χ1n) is 6.10. The van der Waals surface area contributed by atoms with Crippen LogP contribution in [0.3, 0.4) is 0 Å². The van der Waals surface area contributed by atoms with E-state index in [1.807, 2.05) is 6.92 Å². The van der Waals surface area contributed by atoms with Gasteiger partial charge in [-0.25, -0.2) is 4.79 Å². The number of anilines is 1. The summed E-state index contributed by atoms with van der Waals surface area (Å²) >= 11 is 11.9. The number of benzene rings is 1. The van der Waals surface area contributed by atoms with E-state index >= 15 is 0 Å². The highest BCUT2D eigenvalue weighted by atomic mass is 35.5. The molecule has 0 saturated heterocycles. The number of aromatic carboxylic acids is 1. The molecule has 0 aliphatic carbocycles. The summed E-state index contributed by atoms with van der Waals surface area (Å²) in [5.74, 6) is -1.63. The quantitative estimate of drug-likeness (QED) is 0.753. The Kier molecular flexibility index (Phi) is 6.26. The van der Waals surface area contributed by atoms with Crippen LogP contribution in [0.25, 0.3) is 0 Å². The molecule has 110 valence electrons. The lowest BCUT2D eigenvalue weighted by atomic mass is 10.1. The molecule has 0 aromatic heterocycles. The minimum absolute atomic E-state index is 0.0290. The van der Waals surface area contributed by atoms with Gasteiger partial charge in [0, 0.05) is 12.5 Å². The molecule has 1 aromatic carbocycles. The van der Waals surface area contributed by atoms with Crippen molar-refractivity contribution in [1.29, 1.82) is 0 Å². The summed E-state index contributed by atoms with van der Waals surface area (Å²) in [4.78, 5) is 22.8. The van der Waals surface area contributed by atoms with Gasteiger partial charge in [0.25, 0.3) is 0 Å². The Morgan fingerprint density at radius 3 is 2.30 bits per heavy atom. The number of hydrogen-bond acceptors (Lipinski definition) is 3. The zero-order chi connectivity index (χ0) is 15.3. The van der Waals surface area contributed by atoms with Crippen molar-refractivity contribution in [2.75, 3.05) is 18.4 Å². The smallest absolute Gasteiger partial charge is 0.335 e. The lowest BCUT2D eigenvalue weighted by molar-refractivity contribution is -0.119. The first-order chi connectivity index (χ1) is 9.36. The zero-order valence-corrected chi connectivity index (χ0v) is 12.7. The number of halogens is 2. The Morgan fingerprint density at radius 1 is 1.30 bits per heavy atom. The van der Waals surface area contributed by atoms with Crippen LogP contribution in [0.4, 0.5) is 5.69 Å². The standard InChI is InChI=1S/C13H16Cl2N2O3/c1-3-16-6-7(2)12(18)17-11-9(14)4-8(13(19)20)5-10(11)15/h4-5,7,16H,3,6H2,1-2H3,(H,17,18)(H,19,20). The summed E-state index contributed by atoms with van der Waals surface area (Å²) in [6.07, 6.45) is 0. The topological polar surface area (TPSA) is 78.4 Å². The minimum Gasteiger partial charge on any atom is -0.478 e. The molecule has 7 heteroatoms. The summed E-state index contributed by atoms with van der Waals surface area (Å²) in [7, 11) is 0. The molecule has 0 heterocycles. The Labute approximate surface area is 127 Å². The predicted octanol–water partition coefficient (Wildman–Crippen LogP) is 2.88. The first kappa shape index (κ1) is 16.8. The van der Waals surface area contributed by atoms with Crippen LogP contribution >= 0.6 is 23.2 Å². The van der Waals surface area contributed by atoms with Crippen molar-refractivity contribution in [2.45, 2.75) is 13.8 Å². The van der Waals surface area contributed by atoms with Gasteiger partial charge < -0.3 is 15.7 Å². The lowest BCUT2D eigenvalue weighted by Gasteiger charge is -2.14. The Hall–Kier alpha value is -1.30. The summed E-state index contributed by atoms with van der Waals surface area (Å²) in [5, 5.41) is 14.8. The number of carbonyl (C=O) groups excluding carboxylic acids is 1. The van der Waals surface area contributed by atoms with Gasteiger partial charge in [0.05, 0.1) is 21.3 Å². The first-order valence-corrected chi connectivity index (χ1v) is 6.86. The van der Waals surface area contributed by atoms with Crippen molar-refractivity contribution in [3.63, 3.8) is 0 Å².